The summed E-state index contributed by atoms with van der Waals surface area (Å²) < 4.78 is 40.5. The van der Waals surface area contributed by atoms with Crippen molar-refractivity contribution >= 4 is 5.69 Å². The first-order valence-corrected chi connectivity index (χ1v) is 8.10. The molecule has 3 rings (SSSR count). The maximum atomic E-state index is 12.2. The molecule has 0 radical (unpaired) electrons. The smallest absolute Gasteiger partial charge is 0.406 e. The SMILES string of the molecule is CC1CCC2(CC1)CCN(c1ccc(OC(F)(F)F)cc1)C2O. The predicted molar refractivity (Wildman–Crippen MR) is 81.2 cm³/mol. The maximum Gasteiger partial charge on any atom is 0.573 e. The van der Waals surface area contributed by atoms with Crippen molar-refractivity contribution in [1.82, 2.24) is 0 Å². The second-order valence-corrected chi connectivity index (χ2v) is 6.90. The summed E-state index contributed by atoms with van der Waals surface area (Å²) in [7, 11) is 0. The molecule has 1 aromatic carbocycles. The van der Waals surface area contributed by atoms with Gasteiger partial charge >= 0.3 is 6.36 Å². The van der Waals surface area contributed by atoms with E-state index in [1.54, 1.807) is 12.1 Å². The second-order valence-electron chi connectivity index (χ2n) is 6.90. The standard InChI is InChI=1S/C17H22F3NO2/c1-12-6-8-16(9-7-12)10-11-21(15(16)22)13-2-4-14(5-3-13)23-17(18,19)20/h2-5,12,15,22H,6-11H2,1H3. The summed E-state index contributed by atoms with van der Waals surface area (Å²) in [5, 5.41) is 10.8. The zero-order valence-corrected chi connectivity index (χ0v) is 13.1. The number of aliphatic hydroxyl groups excluding tert-OH is 1. The number of ether oxygens (including phenoxy) is 1. The van der Waals surface area contributed by atoms with Crippen molar-refractivity contribution in [2.24, 2.45) is 11.3 Å². The molecule has 1 aromatic rings. The highest BCUT2D eigenvalue weighted by Gasteiger charge is 2.47. The van der Waals surface area contributed by atoms with Gasteiger partial charge in [-0.15, -0.1) is 13.2 Å². The van der Waals surface area contributed by atoms with Crippen molar-refractivity contribution in [3.8, 4) is 5.75 Å². The van der Waals surface area contributed by atoms with Crippen LogP contribution in [-0.4, -0.2) is 24.2 Å². The van der Waals surface area contributed by atoms with Gasteiger partial charge < -0.3 is 14.7 Å². The van der Waals surface area contributed by atoms with Crippen LogP contribution in [0.4, 0.5) is 18.9 Å². The first kappa shape index (κ1) is 16.4. The molecule has 0 bridgehead atoms. The van der Waals surface area contributed by atoms with Gasteiger partial charge in [-0.05, 0) is 49.4 Å². The monoisotopic (exact) mass is 329 g/mol. The number of anilines is 1. The number of benzene rings is 1. The van der Waals surface area contributed by atoms with E-state index in [1.807, 2.05) is 4.90 Å². The van der Waals surface area contributed by atoms with Gasteiger partial charge in [0.05, 0.1) is 0 Å². The molecule has 1 atom stereocenters. The maximum absolute atomic E-state index is 12.2. The lowest BCUT2D eigenvalue weighted by Crippen LogP contribution is -2.41. The molecule has 6 heteroatoms. The van der Waals surface area contributed by atoms with Crippen molar-refractivity contribution in [2.45, 2.75) is 51.6 Å². The van der Waals surface area contributed by atoms with Crippen LogP contribution in [0.1, 0.15) is 39.0 Å². The van der Waals surface area contributed by atoms with E-state index in [0.29, 0.717) is 5.92 Å². The van der Waals surface area contributed by atoms with Gasteiger partial charge in [-0.25, -0.2) is 0 Å². The Kier molecular flexibility index (Phi) is 4.21. The first-order valence-electron chi connectivity index (χ1n) is 8.10. The van der Waals surface area contributed by atoms with Crippen molar-refractivity contribution in [3.05, 3.63) is 24.3 Å². The number of alkyl halides is 3. The summed E-state index contributed by atoms with van der Waals surface area (Å²) in [6.45, 7) is 2.97. The fraction of sp³-hybridized carbons (Fsp3) is 0.647. The van der Waals surface area contributed by atoms with E-state index < -0.39 is 12.6 Å². The highest BCUT2D eigenvalue weighted by Crippen LogP contribution is 2.49. The van der Waals surface area contributed by atoms with Crippen LogP contribution in [0, 0.1) is 11.3 Å². The lowest BCUT2D eigenvalue weighted by molar-refractivity contribution is -0.274. The molecule has 2 fully saturated rings. The molecule has 1 N–H and O–H groups in total. The van der Waals surface area contributed by atoms with Crippen LogP contribution < -0.4 is 9.64 Å². The Morgan fingerprint density at radius 2 is 1.74 bits per heavy atom. The molecule has 0 aromatic heterocycles. The van der Waals surface area contributed by atoms with Gasteiger partial charge in [0.2, 0.25) is 0 Å². The summed E-state index contributed by atoms with van der Waals surface area (Å²) in [6, 6.07) is 5.75. The van der Waals surface area contributed by atoms with Crippen LogP contribution in [0.2, 0.25) is 0 Å². The van der Waals surface area contributed by atoms with Gasteiger partial charge in [0.15, 0.2) is 0 Å². The molecule has 3 nitrogen and oxygen atoms in total. The molecule has 0 amide bonds. The van der Waals surface area contributed by atoms with Crippen molar-refractivity contribution in [1.29, 1.82) is 0 Å². The van der Waals surface area contributed by atoms with E-state index >= 15 is 0 Å². The molecule has 1 aliphatic heterocycles. The van der Waals surface area contributed by atoms with E-state index in [0.717, 1.165) is 44.3 Å². The Hall–Kier alpha value is -1.43. The molecule has 23 heavy (non-hydrogen) atoms. The van der Waals surface area contributed by atoms with Crippen LogP contribution in [0.5, 0.6) is 5.75 Å². The van der Waals surface area contributed by atoms with Gasteiger partial charge in [0.25, 0.3) is 0 Å². The van der Waals surface area contributed by atoms with E-state index in [2.05, 4.69) is 11.7 Å². The number of halogens is 3. The van der Waals surface area contributed by atoms with Crippen LogP contribution >= 0.6 is 0 Å². The van der Waals surface area contributed by atoms with E-state index in [4.69, 9.17) is 0 Å². The largest absolute Gasteiger partial charge is 0.573 e. The number of hydrogen-bond acceptors (Lipinski definition) is 3. The fourth-order valence-electron chi connectivity index (χ4n) is 3.88. The molecule has 1 heterocycles. The molecule has 128 valence electrons. The third-order valence-corrected chi connectivity index (χ3v) is 5.37. The van der Waals surface area contributed by atoms with Crippen LogP contribution in [0.25, 0.3) is 0 Å². The number of rotatable bonds is 2. The molecular formula is C17H22F3NO2. The molecular weight excluding hydrogens is 307 g/mol. The summed E-state index contributed by atoms with van der Waals surface area (Å²) in [5.74, 6) is 0.469. The molecule has 1 aliphatic carbocycles. The van der Waals surface area contributed by atoms with E-state index in [1.165, 1.54) is 12.1 Å². The van der Waals surface area contributed by atoms with Gasteiger partial charge in [0, 0.05) is 17.6 Å². The Morgan fingerprint density at radius 1 is 1.13 bits per heavy atom. The van der Waals surface area contributed by atoms with Gasteiger partial charge in [-0.3, -0.25) is 0 Å². The first-order chi connectivity index (χ1) is 10.8. The van der Waals surface area contributed by atoms with Gasteiger partial charge in [-0.1, -0.05) is 19.8 Å². The Balaban J connectivity index is 1.70. The molecule has 1 spiro atoms. The molecule has 1 saturated carbocycles. The average molecular weight is 329 g/mol. The third-order valence-electron chi connectivity index (χ3n) is 5.37. The van der Waals surface area contributed by atoms with Crippen LogP contribution in [0.3, 0.4) is 0 Å². The second kappa shape index (κ2) is 5.89. The molecule has 2 aliphatic rings. The van der Waals surface area contributed by atoms with Crippen LogP contribution in [-0.2, 0) is 0 Å². The minimum absolute atomic E-state index is 0.0619. The topological polar surface area (TPSA) is 32.7 Å². The minimum Gasteiger partial charge on any atom is -0.406 e. The normalized spacial score (nSPS) is 31.6. The highest BCUT2D eigenvalue weighted by molar-refractivity contribution is 5.51. The Labute approximate surface area is 134 Å². The third kappa shape index (κ3) is 3.42. The van der Waals surface area contributed by atoms with Crippen molar-refractivity contribution < 1.29 is 23.0 Å². The zero-order chi connectivity index (χ0) is 16.7. The van der Waals surface area contributed by atoms with Crippen LogP contribution in [0.15, 0.2) is 24.3 Å². The number of hydrogen-bond donors (Lipinski definition) is 1. The van der Waals surface area contributed by atoms with Gasteiger partial charge in [-0.2, -0.15) is 0 Å². The minimum atomic E-state index is -4.68. The fourth-order valence-corrected chi connectivity index (χ4v) is 3.88. The Bertz CT molecular complexity index is 536. The van der Waals surface area contributed by atoms with Crippen molar-refractivity contribution in [2.75, 3.05) is 11.4 Å². The lowest BCUT2D eigenvalue weighted by atomic mass is 9.69. The van der Waals surface area contributed by atoms with E-state index in [9.17, 15) is 18.3 Å². The zero-order valence-electron chi connectivity index (χ0n) is 13.1. The quantitative estimate of drug-likeness (QED) is 0.877. The molecule has 1 saturated heterocycles. The summed E-state index contributed by atoms with van der Waals surface area (Å²) in [6.07, 6.45) is -0.0297. The predicted octanol–water partition coefficient (Wildman–Crippen LogP) is 4.31. The number of nitrogens with zero attached hydrogens (tertiary/aromatic N) is 1. The number of aliphatic hydroxyl groups is 1. The lowest BCUT2D eigenvalue weighted by Gasteiger charge is -2.40. The molecule has 1 unspecified atom stereocenters. The summed E-state index contributed by atoms with van der Waals surface area (Å²) in [5.41, 5.74) is 0.677. The highest BCUT2D eigenvalue weighted by atomic mass is 19.4. The summed E-state index contributed by atoms with van der Waals surface area (Å²) >= 11 is 0. The van der Waals surface area contributed by atoms with Crippen molar-refractivity contribution in [3.63, 3.8) is 0 Å². The average Bonchev–Trinajstić information content (AvgIpc) is 2.79. The Morgan fingerprint density at radius 3 is 2.30 bits per heavy atom. The summed E-state index contributed by atoms with van der Waals surface area (Å²) in [4.78, 5) is 1.90. The van der Waals surface area contributed by atoms with Gasteiger partial charge in [0.1, 0.15) is 12.0 Å². The van der Waals surface area contributed by atoms with E-state index in [-0.39, 0.29) is 11.2 Å².